The van der Waals surface area contributed by atoms with Crippen molar-refractivity contribution in [2.75, 3.05) is 31.6 Å². The molecule has 160 valence electrons. The summed E-state index contributed by atoms with van der Waals surface area (Å²) in [6, 6.07) is 1.11. The first-order valence-corrected chi connectivity index (χ1v) is 9.95. The van der Waals surface area contributed by atoms with Gasteiger partial charge in [-0.3, -0.25) is 4.79 Å². The number of rotatable bonds is 5. The molecule has 1 aliphatic carbocycles. The van der Waals surface area contributed by atoms with Gasteiger partial charge < -0.3 is 25.1 Å². The summed E-state index contributed by atoms with van der Waals surface area (Å²) in [5.74, 6) is -2.05. The normalized spacial score (nSPS) is 22.8. The minimum absolute atomic E-state index is 0.0283. The second kappa shape index (κ2) is 7.24. The molecule has 0 radical (unpaired) electrons. The zero-order valence-electron chi connectivity index (χ0n) is 16.6. The van der Waals surface area contributed by atoms with Crippen molar-refractivity contribution in [2.24, 2.45) is 16.3 Å². The number of nitrogens with two attached hydrogens (primary N) is 1. The van der Waals surface area contributed by atoms with Gasteiger partial charge in [0.2, 0.25) is 5.43 Å². The van der Waals surface area contributed by atoms with Gasteiger partial charge in [-0.15, -0.1) is 0 Å². The number of carboxylic acids is 1. The molecule has 0 amide bonds. The highest BCUT2D eigenvalue weighted by atomic mass is 35.5. The van der Waals surface area contributed by atoms with E-state index in [1.165, 1.54) is 13.3 Å². The van der Waals surface area contributed by atoms with E-state index in [1.807, 2.05) is 6.92 Å². The van der Waals surface area contributed by atoms with Crippen LogP contribution in [0.15, 0.2) is 22.2 Å². The number of oxime groups is 1. The van der Waals surface area contributed by atoms with Gasteiger partial charge in [-0.2, -0.15) is 0 Å². The molecule has 10 heteroatoms. The van der Waals surface area contributed by atoms with Gasteiger partial charge in [-0.25, -0.2) is 9.18 Å². The highest BCUT2D eigenvalue weighted by molar-refractivity contribution is 6.38. The van der Waals surface area contributed by atoms with E-state index < -0.39 is 28.2 Å². The van der Waals surface area contributed by atoms with Gasteiger partial charge in [0, 0.05) is 30.7 Å². The van der Waals surface area contributed by atoms with Gasteiger partial charge in [-0.1, -0.05) is 23.7 Å². The van der Waals surface area contributed by atoms with E-state index in [0.29, 0.717) is 17.8 Å². The number of aromatic nitrogens is 1. The average molecular weight is 437 g/mol. The number of benzene rings is 1. The molecule has 1 unspecified atom stereocenters. The SMILES string of the molecule is CO/N=C1\CN(c2c(F)cc3c(=O)c(C(=O)O)cn(C4CC4)c3c2Cl)CC1(C)CN. The molecular weight excluding hydrogens is 415 g/mol. The van der Waals surface area contributed by atoms with Crippen LogP contribution in [0.1, 0.15) is 36.2 Å². The summed E-state index contributed by atoms with van der Waals surface area (Å²) >= 11 is 6.68. The topological polar surface area (TPSA) is 110 Å². The molecule has 1 saturated heterocycles. The molecule has 1 aromatic carbocycles. The first-order valence-electron chi connectivity index (χ1n) is 9.57. The molecule has 4 rings (SSSR count). The largest absolute Gasteiger partial charge is 0.477 e. The van der Waals surface area contributed by atoms with E-state index >= 15 is 4.39 Å². The van der Waals surface area contributed by atoms with Crippen molar-refractivity contribution in [3.05, 3.63) is 38.9 Å². The number of carbonyl (C=O) groups is 1. The minimum Gasteiger partial charge on any atom is -0.477 e. The number of nitrogens with zero attached hydrogens (tertiary/aromatic N) is 3. The molecular formula is C20H22ClFN4O4. The molecule has 1 aliphatic heterocycles. The lowest BCUT2D eigenvalue weighted by Crippen LogP contribution is -2.36. The fourth-order valence-corrected chi connectivity index (χ4v) is 4.45. The number of hydrogen-bond acceptors (Lipinski definition) is 6. The number of carboxylic acid groups (broad SMARTS) is 1. The maximum absolute atomic E-state index is 15.2. The monoisotopic (exact) mass is 436 g/mol. The number of fused-ring (bicyclic) bond motifs is 1. The van der Waals surface area contributed by atoms with Crippen LogP contribution in [0, 0.1) is 11.2 Å². The van der Waals surface area contributed by atoms with Crippen LogP contribution in [-0.4, -0.2) is 48.1 Å². The Morgan fingerprint density at radius 1 is 1.50 bits per heavy atom. The van der Waals surface area contributed by atoms with Crippen LogP contribution in [0.5, 0.6) is 0 Å². The lowest BCUT2D eigenvalue weighted by molar-refractivity contribution is 0.0695. The van der Waals surface area contributed by atoms with E-state index in [1.54, 1.807) is 9.47 Å². The van der Waals surface area contributed by atoms with Crippen LogP contribution in [0.3, 0.4) is 0 Å². The van der Waals surface area contributed by atoms with Crippen molar-refractivity contribution in [1.82, 2.24) is 4.57 Å². The van der Waals surface area contributed by atoms with E-state index in [4.69, 9.17) is 22.2 Å². The number of hydrogen-bond donors (Lipinski definition) is 2. The van der Waals surface area contributed by atoms with Crippen LogP contribution in [0.4, 0.5) is 10.1 Å². The zero-order valence-corrected chi connectivity index (χ0v) is 17.4. The first-order chi connectivity index (χ1) is 14.2. The molecule has 8 nitrogen and oxygen atoms in total. The Morgan fingerprint density at radius 3 is 2.77 bits per heavy atom. The first kappa shape index (κ1) is 20.6. The molecule has 1 atom stereocenters. The molecule has 30 heavy (non-hydrogen) atoms. The van der Waals surface area contributed by atoms with Crippen molar-refractivity contribution >= 4 is 39.9 Å². The molecule has 1 saturated carbocycles. The molecule has 0 spiro atoms. The summed E-state index contributed by atoms with van der Waals surface area (Å²) in [6.45, 7) is 2.84. The summed E-state index contributed by atoms with van der Waals surface area (Å²) in [5.41, 5.74) is 5.42. The fraction of sp³-hybridized carbons (Fsp3) is 0.450. The van der Waals surface area contributed by atoms with E-state index in [0.717, 1.165) is 18.9 Å². The number of aromatic carboxylic acids is 1. The van der Waals surface area contributed by atoms with Crippen molar-refractivity contribution in [3.63, 3.8) is 0 Å². The molecule has 2 heterocycles. The number of anilines is 1. The number of halogens is 2. The third-order valence-corrected chi connectivity index (χ3v) is 6.26. The Bertz CT molecular complexity index is 1140. The van der Waals surface area contributed by atoms with Crippen LogP contribution in [0.2, 0.25) is 5.02 Å². The predicted molar refractivity (Wildman–Crippen MR) is 112 cm³/mol. The van der Waals surface area contributed by atoms with Crippen molar-refractivity contribution in [2.45, 2.75) is 25.8 Å². The highest BCUT2D eigenvalue weighted by Gasteiger charge is 2.42. The smallest absolute Gasteiger partial charge is 0.341 e. The Hall–Kier alpha value is -2.65. The molecule has 2 aliphatic rings. The third-order valence-electron chi connectivity index (χ3n) is 5.90. The van der Waals surface area contributed by atoms with Gasteiger partial charge in [0.05, 0.1) is 33.9 Å². The maximum Gasteiger partial charge on any atom is 0.341 e. The average Bonchev–Trinajstić information content (AvgIpc) is 3.48. The summed E-state index contributed by atoms with van der Waals surface area (Å²) in [6.07, 6.45) is 2.98. The van der Waals surface area contributed by atoms with Gasteiger partial charge in [0.15, 0.2) is 0 Å². The lowest BCUT2D eigenvalue weighted by atomic mass is 9.88. The van der Waals surface area contributed by atoms with Gasteiger partial charge >= 0.3 is 5.97 Å². The van der Waals surface area contributed by atoms with Crippen molar-refractivity contribution in [3.8, 4) is 0 Å². The third kappa shape index (κ3) is 3.13. The predicted octanol–water partition coefficient (Wildman–Crippen LogP) is 2.61. The molecule has 2 fully saturated rings. The van der Waals surface area contributed by atoms with Gasteiger partial charge in [-0.05, 0) is 18.9 Å². The quantitative estimate of drug-likeness (QED) is 0.697. The standard InChI is InChI=1S/C20H22ClFN4O4/c1-20(8-23)9-25(7-14(20)24-30-2)17-13(22)5-11-16(15(17)21)26(10-3-4-10)6-12(18(11)27)19(28)29/h5-6,10H,3-4,7-9,23H2,1-2H3,(H,28,29)/b24-14+. The minimum atomic E-state index is -1.35. The maximum atomic E-state index is 15.2. The summed E-state index contributed by atoms with van der Waals surface area (Å²) in [4.78, 5) is 30.9. The Labute approximate surface area is 176 Å². The molecule has 1 aromatic heterocycles. The Balaban J connectivity index is 1.94. The summed E-state index contributed by atoms with van der Waals surface area (Å²) in [7, 11) is 1.44. The van der Waals surface area contributed by atoms with Crippen molar-refractivity contribution in [1.29, 1.82) is 0 Å². The van der Waals surface area contributed by atoms with Crippen LogP contribution in [0.25, 0.3) is 10.9 Å². The fourth-order valence-electron chi connectivity index (χ4n) is 4.04. The van der Waals surface area contributed by atoms with E-state index in [9.17, 15) is 14.7 Å². The second-order valence-electron chi connectivity index (χ2n) is 8.07. The molecule has 3 N–H and O–H groups in total. The van der Waals surface area contributed by atoms with Gasteiger partial charge in [0.25, 0.3) is 0 Å². The summed E-state index contributed by atoms with van der Waals surface area (Å²) < 4.78 is 16.9. The lowest BCUT2D eigenvalue weighted by Gasteiger charge is -2.25. The Morgan fingerprint density at radius 2 is 2.20 bits per heavy atom. The van der Waals surface area contributed by atoms with E-state index in [2.05, 4.69) is 5.16 Å². The summed E-state index contributed by atoms with van der Waals surface area (Å²) in [5, 5.41) is 13.5. The van der Waals surface area contributed by atoms with Crippen LogP contribution < -0.4 is 16.1 Å². The van der Waals surface area contributed by atoms with Crippen LogP contribution >= 0.6 is 11.6 Å². The molecule has 2 aromatic rings. The van der Waals surface area contributed by atoms with Gasteiger partial charge in [0.1, 0.15) is 18.5 Å². The highest BCUT2D eigenvalue weighted by Crippen LogP contribution is 2.43. The second-order valence-corrected chi connectivity index (χ2v) is 8.45. The van der Waals surface area contributed by atoms with E-state index in [-0.39, 0.29) is 35.2 Å². The molecule has 0 bridgehead atoms. The van der Waals surface area contributed by atoms with Crippen LogP contribution in [-0.2, 0) is 4.84 Å². The Kier molecular flexibility index (Phi) is 4.98. The zero-order chi connectivity index (χ0) is 21.8. The van der Waals surface area contributed by atoms with Crippen molar-refractivity contribution < 1.29 is 19.1 Å². The number of pyridine rings is 1.